The van der Waals surface area contributed by atoms with Crippen LogP contribution in [0.15, 0.2) is 18.6 Å². The summed E-state index contributed by atoms with van der Waals surface area (Å²) in [7, 11) is 0. The number of amides is 1. The van der Waals surface area contributed by atoms with Crippen LogP contribution >= 0.6 is 0 Å². The maximum Gasteiger partial charge on any atom is 0.223 e. The zero-order valence-corrected chi connectivity index (χ0v) is 12.5. The smallest absolute Gasteiger partial charge is 0.223 e. The minimum absolute atomic E-state index is 0.0594. The molecule has 0 radical (unpaired) electrons. The Labute approximate surface area is 120 Å². The molecular weight excluding hydrogens is 254 g/mol. The second-order valence-electron chi connectivity index (χ2n) is 6.26. The van der Waals surface area contributed by atoms with Gasteiger partial charge in [-0.25, -0.2) is 0 Å². The molecule has 0 bridgehead atoms. The van der Waals surface area contributed by atoms with E-state index in [0.717, 1.165) is 5.69 Å². The second kappa shape index (κ2) is 6.31. The van der Waals surface area contributed by atoms with Crippen LogP contribution in [0.5, 0.6) is 0 Å². The average molecular weight is 277 g/mol. The van der Waals surface area contributed by atoms with E-state index in [0.29, 0.717) is 32.5 Å². The maximum atomic E-state index is 12.3. The molecule has 1 aromatic heterocycles. The lowest BCUT2D eigenvalue weighted by molar-refractivity contribution is -0.143. The van der Waals surface area contributed by atoms with E-state index < -0.39 is 0 Å². The number of ether oxygens (including phenoxy) is 1. The number of nitrogens with zero attached hydrogens (tertiary/aromatic N) is 3. The first kappa shape index (κ1) is 14.9. The first-order chi connectivity index (χ1) is 9.47. The van der Waals surface area contributed by atoms with Gasteiger partial charge in [-0.2, -0.15) is 0 Å². The summed E-state index contributed by atoms with van der Waals surface area (Å²) in [5.41, 5.74) is 0.922. The van der Waals surface area contributed by atoms with Gasteiger partial charge in [0.05, 0.1) is 18.4 Å². The molecule has 0 aromatic carbocycles. The van der Waals surface area contributed by atoms with Crippen LogP contribution in [0.1, 0.15) is 32.9 Å². The van der Waals surface area contributed by atoms with Gasteiger partial charge < -0.3 is 9.64 Å². The predicted octanol–water partition coefficient (Wildman–Crippen LogP) is 1.68. The lowest BCUT2D eigenvalue weighted by Gasteiger charge is -2.39. The van der Waals surface area contributed by atoms with Crippen LogP contribution in [0.25, 0.3) is 0 Å². The summed E-state index contributed by atoms with van der Waals surface area (Å²) in [5, 5.41) is 0. The molecule has 5 heteroatoms. The normalized spacial score (nSPS) is 19.9. The lowest BCUT2D eigenvalue weighted by atomic mass is 9.88. The number of hydrogen-bond donors (Lipinski definition) is 0. The van der Waals surface area contributed by atoms with Crippen molar-refractivity contribution in [3.05, 3.63) is 24.3 Å². The number of aromatic nitrogens is 2. The van der Waals surface area contributed by atoms with Gasteiger partial charge in [0.2, 0.25) is 5.91 Å². The highest BCUT2D eigenvalue weighted by molar-refractivity contribution is 5.76. The lowest BCUT2D eigenvalue weighted by Crippen LogP contribution is -2.50. The van der Waals surface area contributed by atoms with Crippen molar-refractivity contribution in [2.45, 2.75) is 39.7 Å². The molecular formula is C15H23N3O2. The van der Waals surface area contributed by atoms with Crippen LogP contribution in [0, 0.1) is 5.41 Å². The van der Waals surface area contributed by atoms with E-state index in [1.807, 2.05) is 4.90 Å². The molecule has 1 saturated heterocycles. The standard InChI is InChI=1S/C15H23N3O2/c1-15(2,3)13-11-18(8-9-20-13)14(19)5-4-12-10-16-6-7-17-12/h6-7,10,13H,4-5,8-9,11H2,1-3H3/t13-/m1/s1. The highest BCUT2D eigenvalue weighted by atomic mass is 16.5. The van der Waals surface area contributed by atoms with Crippen molar-refractivity contribution < 1.29 is 9.53 Å². The zero-order chi connectivity index (χ0) is 14.6. The minimum atomic E-state index is 0.0594. The largest absolute Gasteiger partial charge is 0.374 e. The SMILES string of the molecule is CC(C)(C)[C@H]1CN(C(=O)CCc2cnccn2)CCO1. The Morgan fingerprint density at radius 2 is 2.25 bits per heavy atom. The van der Waals surface area contributed by atoms with E-state index in [1.165, 1.54) is 0 Å². The Morgan fingerprint density at radius 1 is 1.45 bits per heavy atom. The molecule has 1 atom stereocenters. The van der Waals surface area contributed by atoms with Crippen molar-refractivity contribution >= 4 is 5.91 Å². The van der Waals surface area contributed by atoms with Crippen molar-refractivity contribution in [3.63, 3.8) is 0 Å². The number of rotatable bonds is 3. The first-order valence-corrected chi connectivity index (χ1v) is 7.11. The van der Waals surface area contributed by atoms with Crippen LogP contribution in [0.2, 0.25) is 0 Å². The quantitative estimate of drug-likeness (QED) is 0.843. The summed E-state index contributed by atoms with van der Waals surface area (Å²) in [6.45, 7) is 8.43. The molecule has 2 rings (SSSR count). The summed E-state index contributed by atoms with van der Waals surface area (Å²) >= 11 is 0. The molecule has 5 nitrogen and oxygen atoms in total. The average Bonchev–Trinajstić information content (AvgIpc) is 2.45. The monoisotopic (exact) mass is 277 g/mol. The zero-order valence-electron chi connectivity index (χ0n) is 12.5. The van der Waals surface area contributed by atoms with E-state index in [2.05, 4.69) is 30.7 Å². The molecule has 2 heterocycles. The van der Waals surface area contributed by atoms with E-state index >= 15 is 0 Å². The van der Waals surface area contributed by atoms with Gasteiger partial charge >= 0.3 is 0 Å². The highest BCUT2D eigenvalue weighted by Crippen LogP contribution is 2.25. The summed E-state index contributed by atoms with van der Waals surface area (Å²) in [4.78, 5) is 22.4. The van der Waals surface area contributed by atoms with E-state index in [9.17, 15) is 4.79 Å². The van der Waals surface area contributed by atoms with Gasteiger partial charge in [0.15, 0.2) is 0 Å². The molecule has 1 aliphatic rings. The van der Waals surface area contributed by atoms with Crippen molar-refractivity contribution in [1.82, 2.24) is 14.9 Å². The van der Waals surface area contributed by atoms with Gasteiger partial charge in [0.25, 0.3) is 0 Å². The Balaban J connectivity index is 1.86. The first-order valence-electron chi connectivity index (χ1n) is 7.11. The molecule has 1 aliphatic heterocycles. The number of aryl methyl sites for hydroxylation is 1. The Bertz CT molecular complexity index is 442. The Kier molecular flexibility index (Phi) is 4.70. The third-order valence-corrected chi connectivity index (χ3v) is 3.60. The summed E-state index contributed by atoms with van der Waals surface area (Å²) < 4.78 is 5.77. The summed E-state index contributed by atoms with van der Waals surface area (Å²) in [6.07, 6.45) is 6.24. The van der Waals surface area contributed by atoms with E-state index in [4.69, 9.17) is 4.74 Å². The fourth-order valence-electron chi connectivity index (χ4n) is 2.25. The number of hydrogen-bond acceptors (Lipinski definition) is 4. The van der Waals surface area contributed by atoms with Crippen molar-refractivity contribution in [3.8, 4) is 0 Å². The molecule has 1 amide bonds. The van der Waals surface area contributed by atoms with Gasteiger partial charge in [0.1, 0.15) is 0 Å². The molecule has 0 aliphatic carbocycles. The Morgan fingerprint density at radius 3 is 2.90 bits per heavy atom. The minimum Gasteiger partial charge on any atom is -0.374 e. The van der Waals surface area contributed by atoms with Crippen molar-refractivity contribution in [2.75, 3.05) is 19.7 Å². The molecule has 0 unspecified atom stereocenters. The maximum absolute atomic E-state index is 12.3. The highest BCUT2D eigenvalue weighted by Gasteiger charge is 2.32. The summed E-state index contributed by atoms with van der Waals surface area (Å²) in [6, 6.07) is 0. The van der Waals surface area contributed by atoms with Gasteiger partial charge in [-0.15, -0.1) is 0 Å². The molecule has 20 heavy (non-hydrogen) atoms. The van der Waals surface area contributed by atoms with Gasteiger partial charge in [-0.05, 0) is 11.8 Å². The topological polar surface area (TPSA) is 55.3 Å². The predicted molar refractivity (Wildman–Crippen MR) is 76.1 cm³/mol. The molecule has 1 aromatic rings. The van der Waals surface area contributed by atoms with Crippen LogP contribution < -0.4 is 0 Å². The third-order valence-electron chi connectivity index (χ3n) is 3.60. The van der Waals surface area contributed by atoms with Crippen LogP contribution in [0.4, 0.5) is 0 Å². The fraction of sp³-hybridized carbons (Fsp3) is 0.667. The molecule has 110 valence electrons. The van der Waals surface area contributed by atoms with Crippen molar-refractivity contribution in [1.29, 1.82) is 0 Å². The number of carbonyl (C=O) groups excluding carboxylic acids is 1. The van der Waals surface area contributed by atoms with Crippen LogP contribution in [-0.2, 0) is 16.0 Å². The molecule has 0 N–H and O–H groups in total. The summed E-state index contributed by atoms with van der Waals surface area (Å²) in [5.74, 6) is 0.174. The van der Waals surface area contributed by atoms with Crippen LogP contribution in [0.3, 0.4) is 0 Å². The van der Waals surface area contributed by atoms with E-state index in [1.54, 1.807) is 18.6 Å². The van der Waals surface area contributed by atoms with Crippen LogP contribution in [-0.4, -0.2) is 46.6 Å². The van der Waals surface area contributed by atoms with Crippen molar-refractivity contribution in [2.24, 2.45) is 5.41 Å². The number of morpholine rings is 1. The molecule has 0 saturated carbocycles. The third kappa shape index (κ3) is 4.00. The Hall–Kier alpha value is -1.49. The number of carbonyl (C=O) groups is 1. The van der Waals surface area contributed by atoms with Gasteiger partial charge in [-0.1, -0.05) is 20.8 Å². The molecule has 1 fully saturated rings. The fourth-order valence-corrected chi connectivity index (χ4v) is 2.25. The second-order valence-corrected chi connectivity index (χ2v) is 6.26. The van der Waals surface area contributed by atoms with E-state index in [-0.39, 0.29) is 17.4 Å². The van der Waals surface area contributed by atoms with Gasteiger partial charge in [0, 0.05) is 38.1 Å². The molecule has 0 spiro atoms. The van der Waals surface area contributed by atoms with Gasteiger partial charge in [-0.3, -0.25) is 14.8 Å².